The summed E-state index contributed by atoms with van der Waals surface area (Å²) >= 11 is 0. The van der Waals surface area contributed by atoms with Gasteiger partial charge >= 0.3 is 0 Å². The molecule has 0 radical (unpaired) electrons. The summed E-state index contributed by atoms with van der Waals surface area (Å²) in [6, 6.07) is 16.2. The Balaban J connectivity index is 1.86. The number of methoxy groups -OCH3 is 1. The maximum absolute atomic E-state index is 13.4. The van der Waals surface area contributed by atoms with Gasteiger partial charge in [-0.25, -0.2) is 4.98 Å². The van der Waals surface area contributed by atoms with Gasteiger partial charge in [-0.1, -0.05) is 24.3 Å². The molecule has 4 aromatic rings. The van der Waals surface area contributed by atoms with Gasteiger partial charge < -0.3 is 10.1 Å². The number of ketones is 1. The van der Waals surface area contributed by atoms with Crippen LogP contribution in [0.5, 0.6) is 5.75 Å². The second kappa shape index (κ2) is 8.02. The highest BCUT2D eigenvalue weighted by Gasteiger charge is 2.20. The van der Waals surface area contributed by atoms with Gasteiger partial charge in [0.05, 0.1) is 35.1 Å². The summed E-state index contributed by atoms with van der Waals surface area (Å²) in [5.74, 6) is 0.244. The lowest BCUT2D eigenvalue weighted by molar-refractivity contribution is 0.101. The maximum atomic E-state index is 13.4. The summed E-state index contributed by atoms with van der Waals surface area (Å²) < 4.78 is 6.99. The van der Waals surface area contributed by atoms with Crippen molar-refractivity contribution in [2.75, 3.05) is 12.4 Å². The summed E-state index contributed by atoms with van der Waals surface area (Å²) in [5.41, 5.74) is 4.10. The predicted octanol–water partition coefficient (Wildman–Crippen LogP) is 4.41. The molecular formula is C24H22N4O3. The second-order valence-electron chi connectivity index (χ2n) is 7.25. The number of carbonyl (C=O) groups excluding carboxylic acids is 2. The van der Waals surface area contributed by atoms with E-state index in [4.69, 9.17) is 9.72 Å². The number of benzene rings is 2. The van der Waals surface area contributed by atoms with Crippen LogP contribution in [-0.4, -0.2) is 33.6 Å². The van der Waals surface area contributed by atoms with Gasteiger partial charge in [-0.15, -0.1) is 0 Å². The minimum Gasteiger partial charge on any atom is -0.497 e. The number of nitrogens with one attached hydrogen (secondary N) is 1. The molecule has 2 aromatic carbocycles. The molecule has 7 heteroatoms. The third-order valence-corrected chi connectivity index (χ3v) is 5.13. The van der Waals surface area contributed by atoms with Gasteiger partial charge in [0.25, 0.3) is 5.91 Å². The molecular weight excluding hydrogens is 392 g/mol. The predicted molar refractivity (Wildman–Crippen MR) is 120 cm³/mol. The monoisotopic (exact) mass is 414 g/mol. The number of fused-ring (bicyclic) bond motifs is 1. The number of rotatable bonds is 5. The molecule has 156 valence electrons. The van der Waals surface area contributed by atoms with Crippen LogP contribution in [0.15, 0.2) is 54.6 Å². The standard InChI is InChI=1S/C24H22N4O3/c1-14-22-19(24(30)26-20-11-6-5-10-18(20)15(2)29)13-21(25-23(22)28(3)27-14)16-8-7-9-17(12-16)31-4/h5-13H,1-4H3,(H,26,30). The highest BCUT2D eigenvalue weighted by atomic mass is 16.5. The summed E-state index contributed by atoms with van der Waals surface area (Å²) in [5, 5.41) is 8.01. The third-order valence-electron chi connectivity index (χ3n) is 5.13. The van der Waals surface area contributed by atoms with E-state index in [0.717, 1.165) is 5.56 Å². The fraction of sp³-hybridized carbons (Fsp3) is 0.167. The average Bonchev–Trinajstić information content (AvgIpc) is 3.06. The number of carbonyl (C=O) groups is 2. The van der Waals surface area contributed by atoms with Crippen LogP contribution in [0.4, 0.5) is 5.69 Å². The van der Waals surface area contributed by atoms with E-state index < -0.39 is 0 Å². The van der Waals surface area contributed by atoms with Crippen molar-refractivity contribution in [3.63, 3.8) is 0 Å². The Morgan fingerprint density at radius 1 is 1.03 bits per heavy atom. The van der Waals surface area contributed by atoms with E-state index in [0.29, 0.717) is 45.0 Å². The first-order valence-corrected chi connectivity index (χ1v) is 9.79. The average molecular weight is 414 g/mol. The summed E-state index contributed by atoms with van der Waals surface area (Å²) in [7, 11) is 3.40. The Labute approximate surface area is 179 Å². The molecule has 7 nitrogen and oxygen atoms in total. The van der Waals surface area contributed by atoms with Crippen LogP contribution < -0.4 is 10.1 Å². The number of aryl methyl sites for hydroxylation is 2. The van der Waals surface area contributed by atoms with Crippen LogP contribution in [0.2, 0.25) is 0 Å². The summed E-state index contributed by atoms with van der Waals surface area (Å²) in [6.45, 7) is 3.32. The van der Waals surface area contributed by atoms with Crippen molar-refractivity contribution >= 4 is 28.4 Å². The van der Waals surface area contributed by atoms with Crippen molar-refractivity contribution in [3.8, 4) is 17.0 Å². The molecule has 1 amide bonds. The number of pyridine rings is 1. The number of anilines is 1. The largest absolute Gasteiger partial charge is 0.497 e. The summed E-state index contributed by atoms with van der Waals surface area (Å²) in [6.07, 6.45) is 0. The first-order chi connectivity index (χ1) is 14.9. The third kappa shape index (κ3) is 3.77. The second-order valence-corrected chi connectivity index (χ2v) is 7.25. The van der Waals surface area contributed by atoms with Crippen molar-refractivity contribution in [3.05, 3.63) is 71.4 Å². The quantitative estimate of drug-likeness (QED) is 0.489. The van der Waals surface area contributed by atoms with E-state index in [1.165, 1.54) is 6.92 Å². The molecule has 0 saturated carbocycles. The first-order valence-electron chi connectivity index (χ1n) is 9.79. The molecule has 31 heavy (non-hydrogen) atoms. The number of ether oxygens (including phenoxy) is 1. The van der Waals surface area contributed by atoms with Crippen molar-refractivity contribution in [1.29, 1.82) is 0 Å². The smallest absolute Gasteiger partial charge is 0.256 e. The number of nitrogens with zero attached hydrogens (tertiary/aromatic N) is 3. The minimum atomic E-state index is -0.332. The van der Waals surface area contributed by atoms with Gasteiger partial charge in [-0.05, 0) is 44.2 Å². The van der Waals surface area contributed by atoms with E-state index in [-0.39, 0.29) is 11.7 Å². The Morgan fingerprint density at radius 2 is 1.81 bits per heavy atom. The SMILES string of the molecule is COc1cccc(-c2cc(C(=O)Nc3ccccc3C(C)=O)c3c(C)nn(C)c3n2)c1. The number of aromatic nitrogens is 3. The van der Waals surface area contributed by atoms with Crippen LogP contribution in [0.1, 0.15) is 33.3 Å². The Hall–Kier alpha value is -4.00. The van der Waals surface area contributed by atoms with Gasteiger partial charge in [0.2, 0.25) is 0 Å². The molecule has 0 fully saturated rings. The van der Waals surface area contributed by atoms with E-state index >= 15 is 0 Å². The number of Topliss-reactive ketones (excluding diaryl/α,β-unsaturated/α-hetero) is 1. The lowest BCUT2D eigenvalue weighted by Crippen LogP contribution is -2.15. The topological polar surface area (TPSA) is 86.1 Å². The van der Waals surface area contributed by atoms with Crippen molar-refractivity contribution in [2.24, 2.45) is 7.05 Å². The summed E-state index contributed by atoms with van der Waals surface area (Å²) in [4.78, 5) is 30.1. The van der Waals surface area contributed by atoms with Crippen molar-refractivity contribution in [2.45, 2.75) is 13.8 Å². The normalized spacial score (nSPS) is 10.8. The van der Waals surface area contributed by atoms with Crippen molar-refractivity contribution < 1.29 is 14.3 Å². The maximum Gasteiger partial charge on any atom is 0.256 e. The van der Waals surface area contributed by atoms with E-state index in [1.54, 1.807) is 49.2 Å². The molecule has 4 rings (SSSR count). The highest BCUT2D eigenvalue weighted by Crippen LogP contribution is 2.29. The van der Waals surface area contributed by atoms with Gasteiger partial charge in [0.1, 0.15) is 5.75 Å². The van der Waals surface area contributed by atoms with Crippen LogP contribution in [-0.2, 0) is 7.05 Å². The lowest BCUT2D eigenvalue weighted by atomic mass is 10.0. The minimum absolute atomic E-state index is 0.120. The fourth-order valence-electron chi connectivity index (χ4n) is 3.64. The van der Waals surface area contributed by atoms with Crippen LogP contribution in [0, 0.1) is 6.92 Å². The lowest BCUT2D eigenvalue weighted by Gasteiger charge is -2.12. The molecule has 0 aliphatic rings. The molecule has 2 aromatic heterocycles. The zero-order chi connectivity index (χ0) is 22.1. The number of hydrogen-bond acceptors (Lipinski definition) is 5. The number of amides is 1. The zero-order valence-electron chi connectivity index (χ0n) is 17.8. The van der Waals surface area contributed by atoms with Gasteiger partial charge in [0.15, 0.2) is 11.4 Å². The Morgan fingerprint density at radius 3 is 2.55 bits per heavy atom. The van der Waals surface area contributed by atoms with Crippen LogP contribution in [0.25, 0.3) is 22.3 Å². The molecule has 2 heterocycles. The van der Waals surface area contributed by atoms with Crippen LogP contribution >= 0.6 is 0 Å². The highest BCUT2D eigenvalue weighted by molar-refractivity contribution is 6.15. The van der Waals surface area contributed by atoms with E-state index in [9.17, 15) is 9.59 Å². The van der Waals surface area contributed by atoms with Crippen LogP contribution in [0.3, 0.4) is 0 Å². The van der Waals surface area contributed by atoms with Gasteiger partial charge in [-0.2, -0.15) is 5.10 Å². The zero-order valence-corrected chi connectivity index (χ0v) is 17.8. The van der Waals surface area contributed by atoms with E-state index in [2.05, 4.69) is 10.4 Å². The Kier molecular flexibility index (Phi) is 5.25. The Bertz CT molecular complexity index is 1320. The van der Waals surface area contributed by atoms with Gasteiger partial charge in [-0.3, -0.25) is 14.3 Å². The molecule has 0 saturated heterocycles. The molecule has 0 bridgehead atoms. The van der Waals surface area contributed by atoms with Crippen molar-refractivity contribution in [1.82, 2.24) is 14.8 Å². The molecule has 0 spiro atoms. The van der Waals surface area contributed by atoms with Gasteiger partial charge in [0, 0.05) is 18.2 Å². The number of para-hydroxylation sites is 1. The van der Waals surface area contributed by atoms with E-state index in [1.807, 2.05) is 31.2 Å². The molecule has 0 aliphatic heterocycles. The molecule has 0 aliphatic carbocycles. The fourth-order valence-corrected chi connectivity index (χ4v) is 3.64. The number of hydrogen-bond donors (Lipinski definition) is 1. The molecule has 1 N–H and O–H groups in total. The first kappa shape index (κ1) is 20.3. The molecule has 0 atom stereocenters. The molecule has 0 unspecified atom stereocenters.